The van der Waals surface area contributed by atoms with Crippen LogP contribution in [-0.4, -0.2) is 30.9 Å². The Labute approximate surface area is 115 Å². The molecule has 4 nitrogen and oxygen atoms in total. The number of Topliss-reactive ketones (excluding diaryl/α,β-unsaturated/α-hetero) is 1. The van der Waals surface area contributed by atoms with E-state index in [1.54, 1.807) is 0 Å². The Morgan fingerprint density at radius 1 is 1.40 bits per heavy atom. The topological polar surface area (TPSA) is 55.4 Å². The maximum absolute atomic E-state index is 13.6. The number of nitrogens with one attached hydrogen (secondary N) is 1. The van der Waals surface area contributed by atoms with Crippen molar-refractivity contribution in [2.24, 2.45) is 0 Å². The van der Waals surface area contributed by atoms with Gasteiger partial charge in [-0.15, -0.1) is 0 Å². The van der Waals surface area contributed by atoms with Crippen LogP contribution in [0.15, 0.2) is 18.2 Å². The molecule has 1 aliphatic carbocycles. The van der Waals surface area contributed by atoms with Crippen molar-refractivity contribution in [3.63, 3.8) is 0 Å². The van der Waals surface area contributed by atoms with Crippen LogP contribution in [0.25, 0.3) is 0 Å². The van der Waals surface area contributed by atoms with Crippen molar-refractivity contribution in [2.45, 2.75) is 31.3 Å². The third-order valence-electron chi connectivity index (χ3n) is 3.12. The number of carbonyl (C=O) groups is 2. The van der Waals surface area contributed by atoms with Gasteiger partial charge in [0, 0.05) is 6.04 Å². The third-order valence-corrected chi connectivity index (χ3v) is 3.12. The molecule has 0 amide bonds. The van der Waals surface area contributed by atoms with Crippen LogP contribution in [0.4, 0.5) is 8.78 Å². The molecule has 1 N–H and O–H groups in total. The molecule has 0 aliphatic heterocycles. The van der Waals surface area contributed by atoms with Gasteiger partial charge in [-0.1, -0.05) is 0 Å². The maximum Gasteiger partial charge on any atom is 0.307 e. The Bertz CT molecular complexity index is 529. The second-order valence-electron chi connectivity index (χ2n) is 4.76. The van der Waals surface area contributed by atoms with Gasteiger partial charge < -0.3 is 10.1 Å². The summed E-state index contributed by atoms with van der Waals surface area (Å²) in [6.45, 7) is 0. The number of methoxy groups -OCH3 is 1. The normalized spacial score (nSPS) is 15.8. The summed E-state index contributed by atoms with van der Waals surface area (Å²) < 4.78 is 31.3. The molecular formula is C14H15F2NO3. The monoisotopic (exact) mass is 283 g/mol. The van der Waals surface area contributed by atoms with Gasteiger partial charge in [0.1, 0.15) is 11.6 Å². The van der Waals surface area contributed by atoms with Crippen molar-refractivity contribution in [3.8, 4) is 0 Å². The molecule has 6 heteroatoms. The molecule has 0 radical (unpaired) electrons. The van der Waals surface area contributed by atoms with Crippen LogP contribution in [0, 0.1) is 11.6 Å². The van der Waals surface area contributed by atoms with Crippen LogP contribution >= 0.6 is 0 Å². The van der Waals surface area contributed by atoms with Gasteiger partial charge in [-0.25, -0.2) is 8.78 Å². The minimum Gasteiger partial charge on any atom is -0.469 e. The molecule has 0 spiro atoms. The molecule has 2 rings (SSSR count). The number of hydrogen-bond acceptors (Lipinski definition) is 4. The smallest absolute Gasteiger partial charge is 0.307 e. The van der Waals surface area contributed by atoms with E-state index in [2.05, 4.69) is 10.1 Å². The first-order valence-electron chi connectivity index (χ1n) is 6.33. The van der Waals surface area contributed by atoms with Crippen molar-refractivity contribution in [1.82, 2.24) is 5.32 Å². The van der Waals surface area contributed by atoms with Crippen LogP contribution in [0.1, 0.15) is 29.6 Å². The van der Waals surface area contributed by atoms with Crippen LogP contribution < -0.4 is 5.32 Å². The van der Waals surface area contributed by atoms with Crippen LogP contribution in [-0.2, 0) is 9.53 Å². The fourth-order valence-corrected chi connectivity index (χ4v) is 1.89. The fourth-order valence-electron chi connectivity index (χ4n) is 1.89. The molecule has 1 fully saturated rings. The Balaban J connectivity index is 2.19. The van der Waals surface area contributed by atoms with E-state index in [1.807, 2.05) is 0 Å². The van der Waals surface area contributed by atoms with E-state index in [0.717, 1.165) is 31.0 Å². The highest BCUT2D eigenvalue weighted by molar-refractivity contribution is 6.02. The number of esters is 1. The van der Waals surface area contributed by atoms with Gasteiger partial charge in [0.15, 0.2) is 5.78 Å². The van der Waals surface area contributed by atoms with Gasteiger partial charge in [0.2, 0.25) is 0 Å². The van der Waals surface area contributed by atoms with Gasteiger partial charge in [-0.3, -0.25) is 9.59 Å². The lowest BCUT2D eigenvalue weighted by Crippen LogP contribution is -2.40. The highest BCUT2D eigenvalue weighted by Crippen LogP contribution is 2.22. The minimum absolute atomic E-state index is 0.144. The Kier molecular flexibility index (Phi) is 4.44. The van der Waals surface area contributed by atoms with Gasteiger partial charge in [0.25, 0.3) is 0 Å². The zero-order chi connectivity index (χ0) is 14.7. The average Bonchev–Trinajstić information content (AvgIpc) is 3.23. The van der Waals surface area contributed by atoms with Crippen molar-refractivity contribution in [1.29, 1.82) is 0 Å². The lowest BCUT2D eigenvalue weighted by Gasteiger charge is -2.16. The van der Waals surface area contributed by atoms with E-state index in [4.69, 9.17) is 0 Å². The number of ketones is 1. The fraction of sp³-hybridized carbons (Fsp3) is 0.429. The van der Waals surface area contributed by atoms with E-state index in [0.29, 0.717) is 0 Å². The molecule has 1 aromatic carbocycles. The van der Waals surface area contributed by atoms with Gasteiger partial charge in [-0.05, 0) is 31.0 Å². The van der Waals surface area contributed by atoms with Crippen LogP contribution in [0.2, 0.25) is 0 Å². The van der Waals surface area contributed by atoms with Gasteiger partial charge >= 0.3 is 5.97 Å². The largest absolute Gasteiger partial charge is 0.469 e. The lowest BCUT2D eigenvalue weighted by atomic mass is 10.0. The number of ether oxygens (including phenoxy) is 1. The summed E-state index contributed by atoms with van der Waals surface area (Å²) in [6.07, 6.45) is 1.59. The molecule has 108 valence electrons. The first-order valence-corrected chi connectivity index (χ1v) is 6.33. The van der Waals surface area contributed by atoms with E-state index < -0.39 is 29.4 Å². The summed E-state index contributed by atoms with van der Waals surface area (Å²) in [5.74, 6) is -2.71. The summed E-state index contributed by atoms with van der Waals surface area (Å²) >= 11 is 0. The van der Waals surface area contributed by atoms with Crippen molar-refractivity contribution in [2.75, 3.05) is 7.11 Å². The van der Waals surface area contributed by atoms with E-state index >= 15 is 0 Å². The number of rotatable bonds is 6. The summed E-state index contributed by atoms with van der Waals surface area (Å²) in [6, 6.07) is 1.93. The van der Waals surface area contributed by atoms with E-state index in [1.165, 1.54) is 7.11 Å². The Morgan fingerprint density at radius 3 is 2.70 bits per heavy atom. The molecule has 1 saturated carbocycles. The molecule has 0 bridgehead atoms. The van der Waals surface area contributed by atoms with Gasteiger partial charge in [0.05, 0.1) is 25.1 Å². The van der Waals surface area contributed by atoms with E-state index in [-0.39, 0.29) is 18.0 Å². The highest BCUT2D eigenvalue weighted by Gasteiger charge is 2.31. The quantitative estimate of drug-likeness (QED) is 0.639. The minimum atomic E-state index is -0.897. The van der Waals surface area contributed by atoms with Crippen LogP contribution in [0.3, 0.4) is 0 Å². The van der Waals surface area contributed by atoms with Gasteiger partial charge in [-0.2, -0.15) is 0 Å². The molecule has 0 saturated heterocycles. The summed E-state index contributed by atoms with van der Waals surface area (Å²) in [7, 11) is 1.21. The molecule has 1 atom stereocenters. The van der Waals surface area contributed by atoms with Crippen molar-refractivity contribution < 1.29 is 23.1 Å². The number of hydrogen-bond donors (Lipinski definition) is 1. The SMILES string of the molecule is COC(=O)CC(NC1CC1)C(=O)c1cc(F)ccc1F. The third kappa shape index (κ3) is 3.60. The first-order chi connectivity index (χ1) is 9.51. The number of halogens is 2. The highest BCUT2D eigenvalue weighted by atomic mass is 19.1. The zero-order valence-electron chi connectivity index (χ0n) is 11.0. The standard InChI is InChI=1S/C14H15F2NO3/c1-20-13(18)7-12(17-9-3-4-9)14(19)10-6-8(15)2-5-11(10)16/h2,5-6,9,12,17H,3-4,7H2,1H3. The summed E-state index contributed by atoms with van der Waals surface area (Å²) in [5, 5.41) is 2.96. The second-order valence-corrected chi connectivity index (χ2v) is 4.76. The average molecular weight is 283 g/mol. The Hall–Kier alpha value is -1.82. The van der Waals surface area contributed by atoms with Crippen molar-refractivity contribution in [3.05, 3.63) is 35.4 Å². The Morgan fingerprint density at radius 2 is 2.10 bits per heavy atom. The maximum atomic E-state index is 13.6. The van der Waals surface area contributed by atoms with Crippen LogP contribution in [0.5, 0.6) is 0 Å². The summed E-state index contributed by atoms with van der Waals surface area (Å²) in [4.78, 5) is 23.6. The number of carbonyl (C=O) groups excluding carboxylic acids is 2. The second kappa shape index (κ2) is 6.09. The molecule has 0 aromatic heterocycles. The lowest BCUT2D eigenvalue weighted by molar-refractivity contribution is -0.141. The molecule has 1 unspecified atom stereocenters. The molecule has 1 aromatic rings. The number of benzene rings is 1. The molecular weight excluding hydrogens is 268 g/mol. The predicted octanol–water partition coefficient (Wildman–Crippen LogP) is 1.83. The predicted molar refractivity (Wildman–Crippen MR) is 67.3 cm³/mol. The van der Waals surface area contributed by atoms with E-state index in [9.17, 15) is 18.4 Å². The first kappa shape index (κ1) is 14.6. The van der Waals surface area contributed by atoms with Crippen molar-refractivity contribution >= 4 is 11.8 Å². The molecule has 1 aliphatic rings. The molecule has 0 heterocycles. The molecule has 20 heavy (non-hydrogen) atoms. The zero-order valence-corrected chi connectivity index (χ0v) is 11.0. The summed E-state index contributed by atoms with van der Waals surface area (Å²) in [5.41, 5.74) is -0.355.